The van der Waals surface area contributed by atoms with Crippen LogP contribution in [0, 0.1) is 28.8 Å². The molecule has 0 atom stereocenters. The van der Waals surface area contributed by atoms with Crippen molar-refractivity contribution in [2.45, 2.75) is 13.3 Å². The lowest BCUT2D eigenvalue weighted by molar-refractivity contribution is 0.491. The van der Waals surface area contributed by atoms with Crippen molar-refractivity contribution in [3.8, 4) is 11.8 Å². The van der Waals surface area contributed by atoms with E-state index in [4.69, 9.17) is 11.0 Å². The third-order valence-electron chi connectivity index (χ3n) is 2.66. The lowest BCUT2D eigenvalue weighted by Crippen LogP contribution is -2.06. The molecule has 1 heterocycles. The van der Waals surface area contributed by atoms with E-state index < -0.39 is 17.5 Å². The molecule has 7 heteroatoms. The van der Waals surface area contributed by atoms with Gasteiger partial charge < -0.3 is 5.73 Å². The van der Waals surface area contributed by atoms with Gasteiger partial charge in [0.1, 0.15) is 23.1 Å². The molecule has 0 spiro atoms. The summed E-state index contributed by atoms with van der Waals surface area (Å²) in [6.45, 7) is 1.74. The van der Waals surface area contributed by atoms with E-state index in [-0.39, 0.29) is 17.1 Å². The maximum Gasteiger partial charge on any atom is 0.161 e. The van der Waals surface area contributed by atoms with Crippen molar-refractivity contribution in [3.63, 3.8) is 0 Å². The summed E-state index contributed by atoms with van der Waals surface area (Å²) in [6, 6.07) is 2.91. The summed E-state index contributed by atoms with van der Waals surface area (Å²) in [5.74, 6) is -3.64. The van der Waals surface area contributed by atoms with Crippen LogP contribution in [-0.2, 0) is 6.42 Å². The average Bonchev–Trinajstić information content (AvgIpc) is 2.70. The van der Waals surface area contributed by atoms with Crippen molar-refractivity contribution >= 4 is 5.82 Å². The van der Waals surface area contributed by atoms with Crippen LogP contribution in [0.3, 0.4) is 0 Å². The molecule has 0 amide bonds. The fraction of sp³-hybridized carbons (Fsp3) is 0.167. The molecule has 0 fully saturated rings. The van der Waals surface area contributed by atoms with Gasteiger partial charge in [0, 0.05) is 12.1 Å². The smallest absolute Gasteiger partial charge is 0.161 e. The van der Waals surface area contributed by atoms with Gasteiger partial charge in [-0.05, 0) is 6.42 Å². The van der Waals surface area contributed by atoms with E-state index in [0.29, 0.717) is 24.2 Å². The summed E-state index contributed by atoms with van der Waals surface area (Å²) in [4.78, 5) is 0. The number of hydrogen-bond donors (Lipinski definition) is 1. The molecule has 0 aliphatic carbocycles. The molecule has 0 saturated heterocycles. The van der Waals surface area contributed by atoms with Crippen LogP contribution in [0.2, 0.25) is 0 Å². The number of nitrogens with two attached hydrogens (primary N) is 1. The SMILES string of the molecule is CCc1nn(-c2cc(F)c(F)cc2F)c(N)c1C#N. The summed E-state index contributed by atoms with van der Waals surface area (Å²) in [5.41, 5.74) is 5.80. The third kappa shape index (κ3) is 2.01. The molecule has 98 valence electrons. The Morgan fingerprint density at radius 2 is 1.89 bits per heavy atom. The number of nitriles is 1. The largest absolute Gasteiger partial charge is 0.382 e. The summed E-state index contributed by atoms with van der Waals surface area (Å²) in [5, 5.41) is 12.9. The highest BCUT2D eigenvalue weighted by atomic mass is 19.2. The van der Waals surface area contributed by atoms with Crippen molar-refractivity contribution < 1.29 is 13.2 Å². The fourth-order valence-electron chi connectivity index (χ4n) is 1.71. The molecule has 0 saturated carbocycles. The Morgan fingerprint density at radius 1 is 1.26 bits per heavy atom. The van der Waals surface area contributed by atoms with Gasteiger partial charge in [-0.3, -0.25) is 0 Å². The van der Waals surface area contributed by atoms with E-state index in [9.17, 15) is 13.2 Å². The first kappa shape index (κ1) is 13.0. The minimum absolute atomic E-state index is 0.103. The molecule has 0 radical (unpaired) electrons. The van der Waals surface area contributed by atoms with E-state index in [1.165, 1.54) is 0 Å². The van der Waals surface area contributed by atoms with Gasteiger partial charge in [0.15, 0.2) is 17.5 Å². The number of nitrogen functional groups attached to an aromatic ring is 1. The van der Waals surface area contributed by atoms with Crippen molar-refractivity contribution in [1.82, 2.24) is 9.78 Å². The van der Waals surface area contributed by atoms with Crippen LogP contribution in [0.5, 0.6) is 0 Å². The number of aryl methyl sites for hydroxylation is 1. The first-order valence-corrected chi connectivity index (χ1v) is 5.42. The molecule has 2 aromatic rings. The number of benzene rings is 1. The fourth-order valence-corrected chi connectivity index (χ4v) is 1.71. The number of nitrogens with zero attached hydrogens (tertiary/aromatic N) is 3. The van der Waals surface area contributed by atoms with E-state index >= 15 is 0 Å². The van der Waals surface area contributed by atoms with Crippen LogP contribution in [0.4, 0.5) is 19.0 Å². The number of anilines is 1. The van der Waals surface area contributed by atoms with Gasteiger partial charge in [-0.15, -0.1) is 0 Å². The predicted octanol–water partition coefficient (Wildman–Crippen LogP) is 2.31. The van der Waals surface area contributed by atoms with Crippen molar-refractivity contribution in [3.05, 3.63) is 40.8 Å². The molecular formula is C12H9F3N4. The Labute approximate surface area is 106 Å². The molecule has 4 nitrogen and oxygen atoms in total. The van der Waals surface area contributed by atoms with Crippen molar-refractivity contribution in [1.29, 1.82) is 5.26 Å². The summed E-state index contributed by atoms with van der Waals surface area (Å²) in [7, 11) is 0. The average molecular weight is 266 g/mol. The summed E-state index contributed by atoms with van der Waals surface area (Å²) < 4.78 is 40.6. The maximum atomic E-state index is 13.6. The Balaban J connectivity index is 2.70. The van der Waals surface area contributed by atoms with Gasteiger partial charge in [0.05, 0.1) is 5.69 Å². The molecule has 0 aliphatic heterocycles. The van der Waals surface area contributed by atoms with Crippen molar-refractivity contribution in [2.24, 2.45) is 0 Å². The summed E-state index contributed by atoms with van der Waals surface area (Å²) >= 11 is 0. The molecule has 0 aliphatic rings. The van der Waals surface area contributed by atoms with Gasteiger partial charge >= 0.3 is 0 Å². The Bertz CT molecular complexity index is 685. The molecule has 2 N–H and O–H groups in total. The normalized spacial score (nSPS) is 10.5. The third-order valence-corrected chi connectivity index (χ3v) is 2.66. The quantitative estimate of drug-likeness (QED) is 0.848. The minimum atomic E-state index is -1.30. The molecule has 19 heavy (non-hydrogen) atoms. The van der Waals surface area contributed by atoms with E-state index in [1.807, 2.05) is 6.07 Å². The van der Waals surface area contributed by atoms with Crippen LogP contribution in [0.1, 0.15) is 18.2 Å². The molecule has 2 rings (SSSR count). The molecular weight excluding hydrogens is 257 g/mol. The van der Waals surface area contributed by atoms with E-state index in [2.05, 4.69) is 5.10 Å². The number of hydrogen-bond acceptors (Lipinski definition) is 3. The van der Waals surface area contributed by atoms with E-state index in [1.54, 1.807) is 6.92 Å². The highest BCUT2D eigenvalue weighted by molar-refractivity contribution is 5.56. The second-order valence-electron chi connectivity index (χ2n) is 3.80. The highest BCUT2D eigenvalue weighted by Crippen LogP contribution is 2.24. The second-order valence-corrected chi connectivity index (χ2v) is 3.80. The Morgan fingerprint density at radius 3 is 2.42 bits per heavy atom. The van der Waals surface area contributed by atoms with E-state index in [0.717, 1.165) is 4.68 Å². The number of rotatable bonds is 2. The standard InChI is InChI=1S/C12H9F3N4/c1-2-10-6(5-16)12(17)19(18-10)11-4-8(14)7(13)3-9(11)15/h3-4H,2,17H2,1H3. The first-order chi connectivity index (χ1) is 8.99. The molecule has 0 unspecified atom stereocenters. The maximum absolute atomic E-state index is 13.6. The molecule has 1 aromatic carbocycles. The monoisotopic (exact) mass is 266 g/mol. The number of aromatic nitrogens is 2. The lowest BCUT2D eigenvalue weighted by atomic mass is 10.2. The zero-order chi connectivity index (χ0) is 14.2. The zero-order valence-corrected chi connectivity index (χ0v) is 9.91. The predicted molar refractivity (Wildman–Crippen MR) is 61.9 cm³/mol. The van der Waals surface area contributed by atoms with Gasteiger partial charge in [-0.25, -0.2) is 17.9 Å². The number of halogens is 3. The lowest BCUT2D eigenvalue weighted by Gasteiger charge is -2.06. The Hall–Kier alpha value is -2.49. The van der Waals surface area contributed by atoms with Gasteiger partial charge in [-0.2, -0.15) is 10.4 Å². The Kier molecular flexibility index (Phi) is 3.17. The van der Waals surface area contributed by atoms with Crippen LogP contribution in [0.25, 0.3) is 5.69 Å². The molecule has 0 bridgehead atoms. The minimum Gasteiger partial charge on any atom is -0.382 e. The highest BCUT2D eigenvalue weighted by Gasteiger charge is 2.19. The van der Waals surface area contributed by atoms with Gasteiger partial charge in [0.25, 0.3) is 0 Å². The zero-order valence-electron chi connectivity index (χ0n) is 9.91. The first-order valence-electron chi connectivity index (χ1n) is 5.42. The van der Waals surface area contributed by atoms with Gasteiger partial charge in [-0.1, -0.05) is 6.92 Å². The van der Waals surface area contributed by atoms with Gasteiger partial charge in [0.2, 0.25) is 0 Å². The second kappa shape index (κ2) is 4.65. The summed E-state index contributed by atoms with van der Waals surface area (Å²) in [6.07, 6.45) is 0.408. The van der Waals surface area contributed by atoms with Crippen LogP contribution in [-0.4, -0.2) is 9.78 Å². The van der Waals surface area contributed by atoms with Crippen molar-refractivity contribution in [2.75, 3.05) is 5.73 Å². The van der Waals surface area contributed by atoms with Crippen LogP contribution < -0.4 is 5.73 Å². The topological polar surface area (TPSA) is 67.6 Å². The van der Waals surface area contributed by atoms with Crippen LogP contribution in [0.15, 0.2) is 12.1 Å². The molecule has 1 aromatic heterocycles. The van der Waals surface area contributed by atoms with Crippen LogP contribution >= 0.6 is 0 Å².